The molecule has 2 heterocycles. The fraction of sp³-hybridized carbons (Fsp3) is 0.385. The highest BCUT2D eigenvalue weighted by Crippen LogP contribution is 2.40. The molecule has 0 N–H and O–H groups in total. The number of rotatable bonds is 1. The molecular formula is C13H12Cl2N2OS. The Morgan fingerprint density at radius 3 is 2.68 bits per heavy atom. The summed E-state index contributed by atoms with van der Waals surface area (Å²) < 4.78 is 0. The van der Waals surface area contributed by atoms with Gasteiger partial charge >= 0.3 is 0 Å². The van der Waals surface area contributed by atoms with Gasteiger partial charge in [-0.25, -0.2) is 0 Å². The van der Waals surface area contributed by atoms with Gasteiger partial charge in [0.1, 0.15) is 5.54 Å². The smallest absolute Gasteiger partial charge is 0.258 e. The van der Waals surface area contributed by atoms with Crippen LogP contribution in [0, 0.1) is 0 Å². The fourth-order valence-electron chi connectivity index (χ4n) is 2.79. The van der Waals surface area contributed by atoms with Crippen molar-refractivity contribution < 1.29 is 4.79 Å². The van der Waals surface area contributed by atoms with Gasteiger partial charge in [0.25, 0.3) is 5.91 Å². The Bertz CT molecular complexity index is 592. The highest BCUT2D eigenvalue weighted by molar-refractivity contribution is 7.80. The molecule has 2 aliphatic rings. The van der Waals surface area contributed by atoms with Crippen molar-refractivity contribution in [2.24, 2.45) is 0 Å². The summed E-state index contributed by atoms with van der Waals surface area (Å²) in [6.45, 7) is 2.78. The van der Waals surface area contributed by atoms with E-state index in [1.807, 2.05) is 11.8 Å². The lowest BCUT2D eigenvalue weighted by Crippen LogP contribution is -2.41. The quantitative estimate of drug-likeness (QED) is 0.741. The molecule has 0 aliphatic carbocycles. The molecule has 2 aliphatic heterocycles. The van der Waals surface area contributed by atoms with Gasteiger partial charge in [-0.1, -0.05) is 23.2 Å². The van der Waals surface area contributed by atoms with Gasteiger partial charge in [-0.2, -0.15) is 0 Å². The molecule has 19 heavy (non-hydrogen) atoms. The van der Waals surface area contributed by atoms with Crippen molar-refractivity contribution in [3.63, 3.8) is 0 Å². The third-order valence-electron chi connectivity index (χ3n) is 3.89. The Hall–Kier alpha value is -0.840. The summed E-state index contributed by atoms with van der Waals surface area (Å²) in [5.74, 6) is 0.0217. The van der Waals surface area contributed by atoms with E-state index in [0.29, 0.717) is 20.8 Å². The second-order valence-corrected chi connectivity index (χ2v) is 6.23. The molecule has 1 atom stereocenters. The normalized spacial score (nSPS) is 26.3. The van der Waals surface area contributed by atoms with Crippen molar-refractivity contribution in [3.8, 4) is 0 Å². The Balaban J connectivity index is 2.04. The van der Waals surface area contributed by atoms with E-state index in [2.05, 4.69) is 0 Å². The summed E-state index contributed by atoms with van der Waals surface area (Å²) in [7, 11) is 0. The van der Waals surface area contributed by atoms with Crippen LogP contribution in [-0.4, -0.2) is 28.0 Å². The van der Waals surface area contributed by atoms with Gasteiger partial charge < -0.3 is 4.90 Å². The van der Waals surface area contributed by atoms with Gasteiger partial charge in [0.05, 0.1) is 15.7 Å². The summed E-state index contributed by atoms with van der Waals surface area (Å²) in [6, 6.07) is 5.13. The zero-order valence-corrected chi connectivity index (χ0v) is 12.6. The standard InChI is InChI=1S/C13H12Cl2N2OS/c1-13-5-2-6-16(13)12(19)17(11(13)18)8-3-4-9(14)10(15)7-8/h3-4,7H,2,5-6H2,1H3/t13-/m0/s1. The molecule has 0 bridgehead atoms. The maximum atomic E-state index is 12.6. The first-order chi connectivity index (χ1) is 8.95. The van der Waals surface area contributed by atoms with Crippen LogP contribution in [0.4, 0.5) is 5.69 Å². The van der Waals surface area contributed by atoms with E-state index >= 15 is 0 Å². The number of benzene rings is 1. The van der Waals surface area contributed by atoms with Crippen LogP contribution in [0.2, 0.25) is 10.0 Å². The van der Waals surface area contributed by atoms with Gasteiger partial charge in [-0.15, -0.1) is 0 Å². The number of amides is 1. The minimum atomic E-state index is -0.497. The summed E-state index contributed by atoms with van der Waals surface area (Å²) in [5.41, 5.74) is 0.184. The molecule has 2 saturated heterocycles. The van der Waals surface area contributed by atoms with E-state index in [-0.39, 0.29) is 5.91 Å². The minimum absolute atomic E-state index is 0.0217. The van der Waals surface area contributed by atoms with E-state index in [9.17, 15) is 4.79 Å². The lowest BCUT2D eigenvalue weighted by atomic mass is 9.99. The van der Waals surface area contributed by atoms with E-state index in [0.717, 1.165) is 19.4 Å². The number of hydrogen-bond acceptors (Lipinski definition) is 2. The van der Waals surface area contributed by atoms with E-state index in [4.69, 9.17) is 35.4 Å². The lowest BCUT2D eigenvalue weighted by molar-refractivity contribution is -0.123. The maximum Gasteiger partial charge on any atom is 0.258 e. The van der Waals surface area contributed by atoms with Crippen molar-refractivity contribution in [3.05, 3.63) is 28.2 Å². The van der Waals surface area contributed by atoms with Crippen LogP contribution >= 0.6 is 35.4 Å². The van der Waals surface area contributed by atoms with Crippen LogP contribution in [0.25, 0.3) is 0 Å². The van der Waals surface area contributed by atoms with Gasteiger partial charge in [0, 0.05) is 6.54 Å². The summed E-state index contributed by atoms with van der Waals surface area (Å²) >= 11 is 17.4. The molecule has 0 aromatic heterocycles. The first-order valence-corrected chi connectivity index (χ1v) is 7.23. The number of hydrogen-bond donors (Lipinski definition) is 0. The van der Waals surface area contributed by atoms with Gasteiger partial charge in [-0.05, 0) is 50.2 Å². The van der Waals surface area contributed by atoms with Crippen molar-refractivity contribution >= 4 is 52.1 Å². The van der Waals surface area contributed by atoms with E-state index in [1.165, 1.54) is 0 Å². The molecule has 0 unspecified atom stereocenters. The van der Waals surface area contributed by atoms with Gasteiger partial charge in [0.2, 0.25) is 0 Å². The molecule has 3 nitrogen and oxygen atoms in total. The van der Waals surface area contributed by atoms with Crippen molar-refractivity contribution in [2.45, 2.75) is 25.3 Å². The Morgan fingerprint density at radius 1 is 1.32 bits per heavy atom. The first kappa shape index (κ1) is 13.2. The number of thiocarbonyl (C=S) groups is 1. The van der Waals surface area contributed by atoms with Crippen molar-refractivity contribution in [2.75, 3.05) is 11.4 Å². The average molecular weight is 315 g/mol. The van der Waals surface area contributed by atoms with Crippen LogP contribution in [0.3, 0.4) is 0 Å². The van der Waals surface area contributed by atoms with Crippen molar-refractivity contribution in [1.29, 1.82) is 0 Å². The molecule has 0 spiro atoms. The zero-order chi connectivity index (χ0) is 13.8. The zero-order valence-electron chi connectivity index (χ0n) is 10.3. The molecule has 1 amide bonds. The second kappa shape index (κ2) is 4.33. The number of halogens is 2. The molecule has 0 saturated carbocycles. The predicted octanol–water partition coefficient (Wildman–Crippen LogP) is 3.48. The fourth-order valence-corrected chi connectivity index (χ4v) is 3.57. The first-order valence-electron chi connectivity index (χ1n) is 6.06. The molecule has 2 fully saturated rings. The molecular weight excluding hydrogens is 303 g/mol. The Kier molecular flexibility index (Phi) is 3.00. The molecule has 100 valence electrons. The largest absolute Gasteiger partial charge is 0.334 e. The Morgan fingerprint density at radius 2 is 2.05 bits per heavy atom. The van der Waals surface area contributed by atoms with Gasteiger partial charge in [0.15, 0.2) is 5.11 Å². The molecule has 3 rings (SSSR count). The Labute approximate surface area is 127 Å². The average Bonchev–Trinajstić information content (AvgIpc) is 2.83. The van der Waals surface area contributed by atoms with Crippen LogP contribution in [-0.2, 0) is 4.79 Å². The number of anilines is 1. The topological polar surface area (TPSA) is 23.6 Å². The van der Waals surface area contributed by atoms with Crippen LogP contribution in [0.15, 0.2) is 18.2 Å². The van der Waals surface area contributed by atoms with Crippen molar-refractivity contribution in [1.82, 2.24) is 4.90 Å². The number of carbonyl (C=O) groups is 1. The number of carbonyl (C=O) groups excluding carboxylic acids is 1. The predicted molar refractivity (Wildman–Crippen MR) is 80.9 cm³/mol. The van der Waals surface area contributed by atoms with Crippen LogP contribution in [0.1, 0.15) is 19.8 Å². The molecule has 0 radical (unpaired) electrons. The summed E-state index contributed by atoms with van der Waals surface area (Å²) in [4.78, 5) is 16.2. The van der Waals surface area contributed by atoms with E-state index < -0.39 is 5.54 Å². The summed E-state index contributed by atoms with van der Waals surface area (Å²) in [6.07, 6.45) is 1.83. The molecule has 6 heteroatoms. The minimum Gasteiger partial charge on any atom is -0.334 e. The molecule has 1 aromatic rings. The van der Waals surface area contributed by atoms with Crippen LogP contribution < -0.4 is 4.90 Å². The highest BCUT2D eigenvalue weighted by atomic mass is 35.5. The molecule has 1 aromatic carbocycles. The van der Waals surface area contributed by atoms with E-state index in [1.54, 1.807) is 23.1 Å². The number of fused-ring (bicyclic) bond motifs is 1. The monoisotopic (exact) mass is 314 g/mol. The third-order valence-corrected chi connectivity index (χ3v) is 5.03. The second-order valence-electron chi connectivity index (χ2n) is 5.05. The lowest BCUT2D eigenvalue weighted by Gasteiger charge is -2.23. The summed E-state index contributed by atoms with van der Waals surface area (Å²) in [5, 5.41) is 1.45. The highest BCUT2D eigenvalue weighted by Gasteiger charge is 2.54. The van der Waals surface area contributed by atoms with Gasteiger partial charge in [-0.3, -0.25) is 9.69 Å². The van der Waals surface area contributed by atoms with Crippen LogP contribution in [0.5, 0.6) is 0 Å². The number of nitrogens with zero attached hydrogens (tertiary/aromatic N) is 2. The third kappa shape index (κ3) is 1.77. The maximum absolute atomic E-state index is 12.6. The SMILES string of the molecule is C[C@@]12CCCN1C(=S)N(c1ccc(Cl)c(Cl)c1)C2=O.